The molecule has 1 rings (SSSR count). The second-order valence-electron chi connectivity index (χ2n) is 2.69. The van der Waals surface area contributed by atoms with E-state index in [1.165, 1.54) is 0 Å². The van der Waals surface area contributed by atoms with Gasteiger partial charge in [0.1, 0.15) is 11.5 Å². The summed E-state index contributed by atoms with van der Waals surface area (Å²) >= 11 is 0. The maximum Gasteiger partial charge on any atom is 0.139 e. The Hall–Kier alpha value is -0.830. The zero-order valence-electron chi connectivity index (χ0n) is 6.87. The average molecular weight is 155 g/mol. The van der Waals surface area contributed by atoms with Gasteiger partial charge in [-0.1, -0.05) is 19.0 Å². The molecule has 0 bridgehead atoms. The highest BCUT2D eigenvalue weighted by atomic mass is 16.5. The molecule has 1 N–H and O–H groups in total. The van der Waals surface area contributed by atoms with Gasteiger partial charge in [0.2, 0.25) is 0 Å². The molecule has 0 fully saturated rings. The van der Waals surface area contributed by atoms with Gasteiger partial charge in [0, 0.05) is 12.0 Å². The van der Waals surface area contributed by atoms with E-state index in [1.807, 2.05) is 0 Å². The third-order valence-corrected chi connectivity index (χ3v) is 1.84. The number of rotatable bonds is 3. The summed E-state index contributed by atoms with van der Waals surface area (Å²) in [7, 11) is 0. The molecule has 1 unspecified atom stereocenters. The summed E-state index contributed by atoms with van der Waals surface area (Å²) in [5.41, 5.74) is 0.611. The molecule has 0 saturated carbocycles. The molecular weight excluding hydrogens is 142 g/mol. The maximum absolute atomic E-state index is 8.68. The van der Waals surface area contributed by atoms with Gasteiger partial charge in [-0.05, 0) is 6.42 Å². The second-order valence-corrected chi connectivity index (χ2v) is 2.69. The van der Waals surface area contributed by atoms with Crippen LogP contribution in [0.1, 0.15) is 37.6 Å². The zero-order chi connectivity index (χ0) is 8.27. The first-order valence-corrected chi connectivity index (χ1v) is 3.84. The van der Waals surface area contributed by atoms with Crippen molar-refractivity contribution in [3.8, 4) is 0 Å². The monoisotopic (exact) mass is 155 g/mol. The Bertz CT molecular complexity index is 220. The fourth-order valence-corrected chi connectivity index (χ4v) is 0.836. The molecular formula is C8H13NO2. The summed E-state index contributed by atoms with van der Waals surface area (Å²) in [6.45, 7) is 4.12. The van der Waals surface area contributed by atoms with E-state index >= 15 is 0 Å². The lowest BCUT2D eigenvalue weighted by atomic mass is 10.1. The van der Waals surface area contributed by atoms with Crippen LogP contribution in [-0.4, -0.2) is 10.3 Å². The second kappa shape index (κ2) is 3.53. The molecule has 1 heterocycles. The van der Waals surface area contributed by atoms with Crippen molar-refractivity contribution in [3.05, 3.63) is 17.5 Å². The van der Waals surface area contributed by atoms with Gasteiger partial charge in [-0.25, -0.2) is 0 Å². The molecule has 3 heteroatoms. The zero-order valence-corrected chi connectivity index (χ0v) is 6.87. The lowest BCUT2D eigenvalue weighted by Gasteiger charge is -1.99. The Morgan fingerprint density at radius 3 is 2.91 bits per heavy atom. The number of nitrogens with zero attached hydrogens (tertiary/aromatic N) is 1. The van der Waals surface area contributed by atoms with Crippen molar-refractivity contribution in [2.45, 2.75) is 32.8 Å². The van der Waals surface area contributed by atoms with Gasteiger partial charge in [-0.3, -0.25) is 0 Å². The van der Waals surface area contributed by atoms with Gasteiger partial charge in [-0.15, -0.1) is 0 Å². The molecule has 0 aliphatic heterocycles. The highest BCUT2D eigenvalue weighted by Crippen LogP contribution is 2.18. The first kappa shape index (κ1) is 8.27. The molecule has 3 nitrogen and oxygen atoms in total. The van der Waals surface area contributed by atoms with E-state index in [9.17, 15) is 0 Å². The van der Waals surface area contributed by atoms with Crippen LogP contribution in [0.3, 0.4) is 0 Å². The Labute approximate surface area is 66.0 Å². The smallest absolute Gasteiger partial charge is 0.139 e. The van der Waals surface area contributed by atoms with E-state index in [0.717, 1.165) is 12.2 Å². The summed E-state index contributed by atoms with van der Waals surface area (Å²) in [5.74, 6) is 1.25. The first-order chi connectivity index (χ1) is 5.27. The van der Waals surface area contributed by atoms with E-state index in [2.05, 4.69) is 19.0 Å². The third kappa shape index (κ3) is 1.80. The predicted molar refractivity (Wildman–Crippen MR) is 41.1 cm³/mol. The number of aromatic nitrogens is 1. The highest BCUT2D eigenvalue weighted by molar-refractivity contribution is 5.07. The van der Waals surface area contributed by atoms with Crippen LogP contribution in [0.5, 0.6) is 0 Å². The molecule has 11 heavy (non-hydrogen) atoms. The van der Waals surface area contributed by atoms with E-state index in [1.54, 1.807) is 6.07 Å². The minimum Gasteiger partial charge on any atom is -0.390 e. The van der Waals surface area contributed by atoms with Crippen LogP contribution in [0.2, 0.25) is 0 Å². The molecule has 1 aromatic rings. The normalized spacial score (nSPS) is 13.4. The van der Waals surface area contributed by atoms with Crippen LogP contribution >= 0.6 is 0 Å². The Morgan fingerprint density at radius 1 is 1.73 bits per heavy atom. The average Bonchev–Trinajstić information content (AvgIpc) is 2.50. The maximum atomic E-state index is 8.68. The van der Waals surface area contributed by atoms with Gasteiger partial charge >= 0.3 is 0 Å². The third-order valence-electron chi connectivity index (χ3n) is 1.84. The Balaban J connectivity index is 2.71. The summed E-state index contributed by atoms with van der Waals surface area (Å²) in [6.07, 6.45) is 1.03. The molecule has 0 spiro atoms. The van der Waals surface area contributed by atoms with Crippen LogP contribution in [0.15, 0.2) is 10.6 Å². The molecule has 0 radical (unpaired) electrons. The summed E-state index contributed by atoms with van der Waals surface area (Å²) in [4.78, 5) is 0. The topological polar surface area (TPSA) is 46.3 Å². The van der Waals surface area contributed by atoms with Crippen molar-refractivity contribution >= 4 is 0 Å². The largest absolute Gasteiger partial charge is 0.390 e. The van der Waals surface area contributed by atoms with Crippen LogP contribution in [0.4, 0.5) is 0 Å². The lowest BCUT2D eigenvalue weighted by Crippen LogP contribution is -1.86. The van der Waals surface area contributed by atoms with Crippen LogP contribution in [0.25, 0.3) is 0 Å². The molecule has 1 aromatic heterocycles. The number of hydrogen-bond acceptors (Lipinski definition) is 3. The molecule has 62 valence electrons. The Morgan fingerprint density at radius 2 is 2.45 bits per heavy atom. The van der Waals surface area contributed by atoms with E-state index in [0.29, 0.717) is 11.6 Å². The Kier molecular flexibility index (Phi) is 2.65. The first-order valence-electron chi connectivity index (χ1n) is 3.84. The van der Waals surface area contributed by atoms with Crippen LogP contribution < -0.4 is 0 Å². The van der Waals surface area contributed by atoms with Gasteiger partial charge in [-0.2, -0.15) is 0 Å². The number of hydrogen-bond donors (Lipinski definition) is 1. The molecule has 0 aromatic carbocycles. The van der Waals surface area contributed by atoms with Crippen LogP contribution in [-0.2, 0) is 6.61 Å². The van der Waals surface area contributed by atoms with E-state index < -0.39 is 0 Å². The highest BCUT2D eigenvalue weighted by Gasteiger charge is 2.08. The minimum absolute atomic E-state index is 0.0417. The quantitative estimate of drug-likeness (QED) is 0.722. The SMILES string of the molecule is CCC(C)c1cc(CO)no1. The van der Waals surface area contributed by atoms with Crippen molar-refractivity contribution in [2.75, 3.05) is 0 Å². The summed E-state index contributed by atoms with van der Waals surface area (Å²) in [5, 5.41) is 12.4. The molecule has 0 amide bonds. The lowest BCUT2D eigenvalue weighted by molar-refractivity contribution is 0.264. The van der Waals surface area contributed by atoms with Crippen molar-refractivity contribution < 1.29 is 9.63 Å². The fourth-order valence-electron chi connectivity index (χ4n) is 0.836. The van der Waals surface area contributed by atoms with Crippen molar-refractivity contribution in [1.82, 2.24) is 5.16 Å². The number of aliphatic hydroxyl groups is 1. The van der Waals surface area contributed by atoms with Crippen molar-refractivity contribution in [1.29, 1.82) is 0 Å². The summed E-state index contributed by atoms with van der Waals surface area (Å²) < 4.78 is 5.00. The predicted octanol–water partition coefficient (Wildman–Crippen LogP) is 1.68. The van der Waals surface area contributed by atoms with Crippen molar-refractivity contribution in [2.24, 2.45) is 0 Å². The molecule has 1 atom stereocenters. The minimum atomic E-state index is -0.0417. The van der Waals surface area contributed by atoms with Gasteiger partial charge in [0.05, 0.1) is 6.61 Å². The van der Waals surface area contributed by atoms with Crippen molar-refractivity contribution in [3.63, 3.8) is 0 Å². The molecule has 0 aliphatic carbocycles. The van der Waals surface area contributed by atoms with Gasteiger partial charge in [0.15, 0.2) is 0 Å². The van der Waals surface area contributed by atoms with E-state index in [4.69, 9.17) is 9.63 Å². The fraction of sp³-hybridized carbons (Fsp3) is 0.625. The van der Waals surface area contributed by atoms with E-state index in [-0.39, 0.29) is 6.61 Å². The summed E-state index contributed by atoms with van der Waals surface area (Å²) in [6, 6.07) is 1.80. The molecule has 0 saturated heterocycles. The van der Waals surface area contributed by atoms with Gasteiger partial charge in [0.25, 0.3) is 0 Å². The molecule has 0 aliphatic rings. The number of aliphatic hydroxyl groups excluding tert-OH is 1. The standard InChI is InChI=1S/C8H13NO2/c1-3-6(2)8-4-7(5-10)9-11-8/h4,6,10H,3,5H2,1-2H3. The van der Waals surface area contributed by atoms with Crippen LogP contribution in [0, 0.1) is 0 Å². The van der Waals surface area contributed by atoms with Gasteiger partial charge < -0.3 is 9.63 Å².